The van der Waals surface area contributed by atoms with Gasteiger partial charge in [0.25, 0.3) is 5.91 Å². The summed E-state index contributed by atoms with van der Waals surface area (Å²) < 4.78 is 10.7. The maximum absolute atomic E-state index is 11.6. The van der Waals surface area contributed by atoms with Crippen molar-refractivity contribution in [2.45, 2.75) is 20.4 Å². The Kier molecular flexibility index (Phi) is 4.63. The predicted octanol–water partition coefficient (Wildman–Crippen LogP) is -0.0438. The first kappa shape index (κ1) is 13.7. The van der Waals surface area contributed by atoms with E-state index in [-0.39, 0.29) is 5.91 Å². The predicted molar refractivity (Wildman–Crippen MR) is 71.3 cm³/mol. The molecule has 0 fully saturated rings. The van der Waals surface area contributed by atoms with Gasteiger partial charge in [-0.15, -0.1) is 0 Å². The molecule has 1 atom stereocenters. The van der Waals surface area contributed by atoms with E-state index in [2.05, 4.69) is 12.2 Å². The highest BCUT2D eigenvalue weighted by Gasteiger charge is 2.16. The highest BCUT2D eigenvalue weighted by molar-refractivity contribution is 5.76. The molecule has 0 aromatic heterocycles. The number of likely N-dealkylation sites (N-methyl/N-ethyl adjacent to an activating group) is 2. The second-order valence-corrected chi connectivity index (χ2v) is 4.60. The van der Waals surface area contributed by atoms with Crippen molar-refractivity contribution in [1.82, 2.24) is 5.32 Å². The van der Waals surface area contributed by atoms with E-state index in [0.29, 0.717) is 19.9 Å². The average molecular weight is 265 g/mol. The van der Waals surface area contributed by atoms with Gasteiger partial charge in [0.05, 0.1) is 6.54 Å². The molecule has 1 aliphatic rings. The van der Waals surface area contributed by atoms with E-state index in [9.17, 15) is 4.79 Å². The Balaban J connectivity index is 1.96. The number of quaternary nitrogens is 1. The molecule has 2 rings (SSSR count). The second-order valence-electron chi connectivity index (χ2n) is 4.60. The van der Waals surface area contributed by atoms with Gasteiger partial charge in [-0.2, -0.15) is 0 Å². The van der Waals surface area contributed by atoms with Gasteiger partial charge < -0.3 is 19.7 Å². The lowest BCUT2D eigenvalue weighted by atomic mass is 10.2. The summed E-state index contributed by atoms with van der Waals surface area (Å²) in [7, 11) is 0. The Hall–Kier alpha value is -1.75. The van der Waals surface area contributed by atoms with Crippen molar-refractivity contribution < 1.29 is 19.2 Å². The largest absolute Gasteiger partial charge is 0.454 e. The van der Waals surface area contributed by atoms with Crippen LogP contribution in [0.5, 0.6) is 11.5 Å². The minimum absolute atomic E-state index is 0.0973. The molecule has 1 aromatic carbocycles. The van der Waals surface area contributed by atoms with Gasteiger partial charge in [-0.1, -0.05) is 0 Å². The van der Waals surface area contributed by atoms with Crippen LogP contribution in [-0.4, -0.2) is 32.3 Å². The molecule has 0 spiro atoms. The summed E-state index contributed by atoms with van der Waals surface area (Å²) in [6, 6.07) is 5.95. The van der Waals surface area contributed by atoms with E-state index in [1.165, 1.54) is 4.90 Å². The Morgan fingerprint density at radius 3 is 2.84 bits per heavy atom. The molecule has 1 unspecified atom stereocenters. The van der Waals surface area contributed by atoms with E-state index in [1.807, 2.05) is 25.1 Å². The molecule has 2 N–H and O–H groups in total. The highest BCUT2D eigenvalue weighted by Crippen LogP contribution is 2.32. The number of nitrogens with one attached hydrogen (secondary N) is 2. The van der Waals surface area contributed by atoms with Gasteiger partial charge in [0.1, 0.15) is 6.54 Å². The van der Waals surface area contributed by atoms with Crippen molar-refractivity contribution in [3.63, 3.8) is 0 Å². The van der Waals surface area contributed by atoms with Gasteiger partial charge >= 0.3 is 0 Å². The number of rotatable bonds is 6. The summed E-state index contributed by atoms with van der Waals surface area (Å²) in [5.74, 6) is 1.69. The minimum atomic E-state index is 0.0973. The molecule has 104 valence electrons. The van der Waals surface area contributed by atoms with E-state index in [0.717, 1.165) is 30.2 Å². The monoisotopic (exact) mass is 265 g/mol. The summed E-state index contributed by atoms with van der Waals surface area (Å²) >= 11 is 0. The molecule has 1 aromatic rings. The van der Waals surface area contributed by atoms with Crippen LogP contribution in [0.4, 0.5) is 0 Å². The average Bonchev–Trinajstić information content (AvgIpc) is 2.85. The van der Waals surface area contributed by atoms with Crippen LogP contribution >= 0.6 is 0 Å². The summed E-state index contributed by atoms with van der Waals surface area (Å²) in [6.45, 7) is 7.21. The lowest BCUT2D eigenvalue weighted by molar-refractivity contribution is -0.904. The Morgan fingerprint density at radius 1 is 1.32 bits per heavy atom. The van der Waals surface area contributed by atoms with Gasteiger partial charge in [0.15, 0.2) is 18.0 Å². The smallest absolute Gasteiger partial charge is 0.275 e. The molecule has 0 radical (unpaired) electrons. The number of carbonyl (C=O) groups excluding carboxylic acids is 1. The van der Waals surface area contributed by atoms with Crippen LogP contribution in [0.3, 0.4) is 0 Å². The fraction of sp³-hybridized carbons (Fsp3) is 0.500. The minimum Gasteiger partial charge on any atom is -0.454 e. The molecular formula is C14H21N2O3+. The molecule has 19 heavy (non-hydrogen) atoms. The molecule has 0 saturated carbocycles. The fourth-order valence-electron chi connectivity index (χ4n) is 2.14. The van der Waals surface area contributed by atoms with Crippen molar-refractivity contribution in [2.75, 3.05) is 26.4 Å². The van der Waals surface area contributed by atoms with Crippen molar-refractivity contribution in [3.05, 3.63) is 23.8 Å². The van der Waals surface area contributed by atoms with Crippen molar-refractivity contribution in [3.8, 4) is 11.5 Å². The SMILES string of the molecule is CCNC(=O)C[NH+](CC)Cc1ccc2c(c1)OCO2. The molecule has 0 aliphatic carbocycles. The van der Waals surface area contributed by atoms with Gasteiger partial charge in [-0.3, -0.25) is 4.79 Å². The van der Waals surface area contributed by atoms with Gasteiger partial charge in [0.2, 0.25) is 6.79 Å². The van der Waals surface area contributed by atoms with Crippen molar-refractivity contribution >= 4 is 5.91 Å². The number of ether oxygens (including phenoxy) is 2. The van der Waals surface area contributed by atoms with Crippen molar-refractivity contribution in [2.24, 2.45) is 0 Å². The Bertz CT molecular complexity index is 448. The fourth-order valence-corrected chi connectivity index (χ4v) is 2.14. The molecule has 5 nitrogen and oxygen atoms in total. The second kappa shape index (κ2) is 6.43. The van der Waals surface area contributed by atoms with E-state index in [1.54, 1.807) is 0 Å². The van der Waals surface area contributed by atoms with Crippen molar-refractivity contribution in [1.29, 1.82) is 0 Å². The van der Waals surface area contributed by atoms with Crippen LogP contribution in [0.25, 0.3) is 0 Å². The first-order chi connectivity index (χ1) is 9.22. The molecule has 1 heterocycles. The molecule has 5 heteroatoms. The Morgan fingerprint density at radius 2 is 2.11 bits per heavy atom. The summed E-state index contributed by atoms with van der Waals surface area (Å²) in [4.78, 5) is 12.8. The first-order valence-corrected chi connectivity index (χ1v) is 6.71. The van der Waals surface area contributed by atoms with Gasteiger partial charge in [-0.05, 0) is 32.0 Å². The normalized spacial score (nSPS) is 14.2. The maximum atomic E-state index is 11.6. The molecular weight excluding hydrogens is 244 g/mol. The summed E-state index contributed by atoms with van der Waals surface area (Å²) in [6.07, 6.45) is 0. The zero-order valence-electron chi connectivity index (χ0n) is 11.5. The number of amides is 1. The van der Waals surface area contributed by atoms with Crippen LogP contribution in [0, 0.1) is 0 Å². The highest BCUT2D eigenvalue weighted by atomic mass is 16.7. The summed E-state index contributed by atoms with van der Waals surface area (Å²) in [5, 5.41) is 2.83. The van der Waals surface area contributed by atoms with Crippen LogP contribution in [0.2, 0.25) is 0 Å². The van der Waals surface area contributed by atoms with E-state index >= 15 is 0 Å². The Labute approximate surface area is 113 Å². The zero-order valence-corrected chi connectivity index (χ0v) is 11.5. The van der Waals surface area contributed by atoms with Crippen LogP contribution in [0.1, 0.15) is 19.4 Å². The number of hydrogen-bond donors (Lipinski definition) is 2. The molecule has 1 amide bonds. The zero-order chi connectivity index (χ0) is 13.7. The van der Waals surface area contributed by atoms with Crippen LogP contribution < -0.4 is 19.7 Å². The third-order valence-corrected chi connectivity index (χ3v) is 3.18. The number of hydrogen-bond acceptors (Lipinski definition) is 3. The van der Waals surface area contributed by atoms with Crippen LogP contribution in [0.15, 0.2) is 18.2 Å². The van der Waals surface area contributed by atoms with Gasteiger partial charge in [-0.25, -0.2) is 0 Å². The lowest BCUT2D eigenvalue weighted by Crippen LogP contribution is -3.11. The van der Waals surface area contributed by atoms with Gasteiger partial charge in [0, 0.05) is 12.1 Å². The maximum Gasteiger partial charge on any atom is 0.275 e. The quantitative estimate of drug-likeness (QED) is 0.758. The lowest BCUT2D eigenvalue weighted by Gasteiger charge is -2.17. The third-order valence-electron chi connectivity index (χ3n) is 3.18. The first-order valence-electron chi connectivity index (χ1n) is 6.71. The van der Waals surface area contributed by atoms with E-state index < -0.39 is 0 Å². The number of carbonyl (C=O) groups is 1. The molecule has 0 saturated heterocycles. The van der Waals surface area contributed by atoms with Crippen LogP contribution in [-0.2, 0) is 11.3 Å². The molecule has 1 aliphatic heterocycles. The number of benzene rings is 1. The molecule has 0 bridgehead atoms. The standard InChI is InChI=1S/C14H20N2O3/c1-3-15-14(17)9-16(4-2)8-11-5-6-12-13(7-11)19-10-18-12/h5-7H,3-4,8-10H2,1-2H3,(H,15,17)/p+1. The third kappa shape index (κ3) is 3.61. The number of fused-ring (bicyclic) bond motifs is 1. The summed E-state index contributed by atoms with van der Waals surface area (Å²) in [5.41, 5.74) is 1.16. The van der Waals surface area contributed by atoms with E-state index in [4.69, 9.17) is 9.47 Å². The topological polar surface area (TPSA) is 52.0 Å².